The summed E-state index contributed by atoms with van der Waals surface area (Å²) in [4.78, 5) is 17.0. The van der Waals surface area contributed by atoms with Gasteiger partial charge in [0.25, 0.3) is 0 Å². The normalized spacial score (nSPS) is 24.8. The number of carbonyl (C=O) groups is 1. The molecular weight excluding hydrogens is 385 g/mol. The number of Topliss-reactive ketones (excluding diaryl/α,β-unsaturated/α-hetero) is 1. The molecule has 2 nitrogen and oxygen atoms in total. The number of benzene rings is 2. The van der Waals surface area contributed by atoms with Gasteiger partial charge in [0, 0.05) is 30.0 Å². The number of aromatic nitrogens is 1. The summed E-state index contributed by atoms with van der Waals surface area (Å²) in [6.07, 6.45) is 13.0. The Kier molecular flexibility index (Phi) is 5.32. The minimum atomic E-state index is -0.201. The fourth-order valence-electron chi connectivity index (χ4n) is 6.00. The van der Waals surface area contributed by atoms with Crippen LogP contribution in [0.2, 0.25) is 0 Å². The van der Waals surface area contributed by atoms with Crippen LogP contribution in [0.5, 0.6) is 0 Å². The van der Waals surface area contributed by atoms with E-state index in [1.54, 1.807) is 12.1 Å². The Bertz CT molecular complexity index is 1150. The molecule has 0 amide bonds. The summed E-state index contributed by atoms with van der Waals surface area (Å²) in [5, 5.41) is 0.954. The number of ketones is 1. The Labute approximate surface area is 182 Å². The molecule has 2 aromatic carbocycles. The largest absolute Gasteiger partial charge is 0.299 e. The van der Waals surface area contributed by atoms with Crippen molar-refractivity contribution in [2.45, 2.75) is 44.4 Å². The lowest BCUT2D eigenvalue weighted by atomic mass is 9.88. The van der Waals surface area contributed by atoms with Gasteiger partial charge >= 0.3 is 0 Å². The van der Waals surface area contributed by atoms with Gasteiger partial charge in [-0.2, -0.15) is 0 Å². The molecule has 0 spiro atoms. The predicted octanol–water partition coefficient (Wildman–Crippen LogP) is 6.08. The van der Waals surface area contributed by atoms with E-state index in [1.165, 1.54) is 11.6 Å². The summed E-state index contributed by atoms with van der Waals surface area (Å²) in [5.41, 5.74) is 4.00. The van der Waals surface area contributed by atoms with Crippen molar-refractivity contribution in [3.63, 3.8) is 0 Å². The molecule has 31 heavy (non-hydrogen) atoms. The van der Waals surface area contributed by atoms with E-state index in [9.17, 15) is 9.18 Å². The van der Waals surface area contributed by atoms with E-state index >= 15 is 0 Å². The van der Waals surface area contributed by atoms with Gasteiger partial charge in [-0.05, 0) is 96.9 Å². The number of fused-ring (bicyclic) bond motifs is 2. The molecule has 3 aromatic rings. The van der Waals surface area contributed by atoms with Crippen LogP contribution < -0.4 is 0 Å². The lowest BCUT2D eigenvalue weighted by molar-refractivity contribution is -0.119. The zero-order valence-corrected chi connectivity index (χ0v) is 17.6. The van der Waals surface area contributed by atoms with Crippen LogP contribution in [0.15, 0.2) is 54.7 Å². The molecule has 2 aliphatic carbocycles. The van der Waals surface area contributed by atoms with Crippen LogP contribution >= 0.6 is 0 Å². The van der Waals surface area contributed by atoms with E-state index < -0.39 is 0 Å². The molecule has 2 unspecified atom stereocenters. The fraction of sp³-hybridized carbons (Fsp3) is 0.357. The van der Waals surface area contributed by atoms with Crippen LogP contribution in [0.3, 0.4) is 0 Å². The van der Waals surface area contributed by atoms with Gasteiger partial charge in [-0.15, -0.1) is 6.42 Å². The van der Waals surface area contributed by atoms with Crippen LogP contribution in [0.4, 0.5) is 4.39 Å². The Morgan fingerprint density at radius 2 is 1.77 bits per heavy atom. The highest BCUT2D eigenvalue weighted by Gasteiger charge is 2.42. The Morgan fingerprint density at radius 1 is 1.03 bits per heavy atom. The van der Waals surface area contributed by atoms with Crippen LogP contribution in [-0.2, 0) is 11.2 Å². The fourth-order valence-corrected chi connectivity index (χ4v) is 6.00. The second-order valence-corrected chi connectivity index (χ2v) is 9.35. The number of rotatable bonds is 5. The summed E-state index contributed by atoms with van der Waals surface area (Å²) in [6.45, 7) is 0. The summed E-state index contributed by atoms with van der Waals surface area (Å²) >= 11 is 0. The summed E-state index contributed by atoms with van der Waals surface area (Å²) in [7, 11) is 0. The van der Waals surface area contributed by atoms with E-state index in [0.29, 0.717) is 42.3 Å². The highest BCUT2D eigenvalue weighted by Crippen LogP contribution is 2.53. The van der Waals surface area contributed by atoms with Gasteiger partial charge in [0.2, 0.25) is 0 Å². The topological polar surface area (TPSA) is 30.0 Å². The monoisotopic (exact) mass is 411 g/mol. The molecule has 2 aliphatic rings. The average molecular weight is 412 g/mol. The van der Waals surface area contributed by atoms with Crippen molar-refractivity contribution in [1.29, 1.82) is 0 Å². The molecule has 2 saturated carbocycles. The number of carbonyl (C=O) groups excluding carboxylic acids is 1. The quantitative estimate of drug-likeness (QED) is 0.477. The predicted molar refractivity (Wildman–Crippen MR) is 121 cm³/mol. The minimum absolute atomic E-state index is 0.201. The van der Waals surface area contributed by atoms with Gasteiger partial charge in [-0.1, -0.05) is 18.1 Å². The van der Waals surface area contributed by atoms with Crippen LogP contribution in [-0.4, -0.2) is 10.8 Å². The van der Waals surface area contributed by atoms with Gasteiger partial charge in [-0.3, -0.25) is 9.78 Å². The third-order valence-corrected chi connectivity index (χ3v) is 7.33. The molecule has 0 radical (unpaired) electrons. The zero-order valence-electron chi connectivity index (χ0n) is 17.6. The summed E-state index contributed by atoms with van der Waals surface area (Å²) < 4.78 is 13.8. The van der Waals surface area contributed by atoms with Crippen molar-refractivity contribution >= 4 is 16.7 Å². The Balaban J connectivity index is 1.20. The van der Waals surface area contributed by atoms with E-state index in [0.717, 1.165) is 47.7 Å². The van der Waals surface area contributed by atoms with Gasteiger partial charge < -0.3 is 0 Å². The van der Waals surface area contributed by atoms with E-state index in [-0.39, 0.29) is 5.82 Å². The molecular formula is C28H26FNO. The first-order valence-electron chi connectivity index (χ1n) is 11.2. The molecule has 4 atom stereocenters. The molecule has 0 saturated heterocycles. The number of nitrogens with zero attached hydrogens (tertiary/aromatic N) is 1. The van der Waals surface area contributed by atoms with Crippen LogP contribution in [0.25, 0.3) is 10.9 Å². The molecule has 0 bridgehead atoms. The van der Waals surface area contributed by atoms with Crippen molar-refractivity contribution in [2.75, 3.05) is 0 Å². The second kappa shape index (κ2) is 8.27. The van der Waals surface area contributed by atoms with Gasteiger partial charge in [-0.25, -0.2) is 4.39 Å². The standard InChI is InChI=1S/C28H26FNO/c1-2-18-3-5-19(6-4-18)13-25(31)14-20-11-21-15-23(16-22(21)12-20)26-9-10-30-28-8-7-24(29)17-27(26)28/h1,3-10,17,20-23H,11-16H2/t20?,21-,22+,23?. The van der Waals surface area contributed by atoms with Crippen molar-refractivity contribution in [3.8, 4) is 12.3 Å². The SMILES string of the molecule is C#Cc1ccc(CC(=O)CC2C[C@@H]3CC(c4ccnc5ccc(F)cc45)C[C@@H]3C2)cc1. The smallest absolute Gasteiger partial charge is 0.137 e. The van der Waals surface area contributed by atoms with E-state index in [2.05, 4.69) is 17.0 Å². The van der Waals surface area contributed by atoms with Gasteiger partial charge in [0.05, 0.1) is 5.52 Å². The minimum Gasteiger partial charge on any atom is -0.299 e. The Hall–Kier alpha value is -2.99. The highest BCUT2D eigenvalue weighted by atomic mass is 19.1. The highest BCUT2D eigenvalue weighted by molar-refractivity contribution is 5.83. The van der Waals surface area contributed by atoms with Crippen molar-refractivity contribution in [1.82, 2.24) is 4.98 Å². The lowest BCUT2D eigenvalue weighted by Crippen LogP contribution is -2.10. The number of halogens is 1. The Morgan fingerprint density at radius 3 is 2.48 bits per heavy atom. The maximum atomic E-state index is 13.8. The third-order valence-electron chi connectivity index (χ3n) is 7.33. The number of hydrogen-bond donors (Lipinski definition) is 0. The maximum Gasteiger partial charge on any atom is 0.137 e. The second-order valence-electron chi connectivity index (χ2n) is 9.35. The van der Waals surface area contributed by atoms with E-state index in [1.807, 2.05) is 30.5 Å². The van der Waals surface area contributed by atoms with E-state index in [4.69, 9.17) is 6.42 Å². The molecule has 156 valence electrons. The molecule has 1 aromatic heterocycles. The van der Waals surface area contributed by atoms with Crippen molar-refractivity contribution in [3.05, 3.63) is 77.2 Å². The molecule has 5 rings (SSSR count). The number of hydrogen-bond acceptors (Lipinski definition) is 2. The molecule has 0 N–H and O–H groups in total. The first-order valence-corrected chi connectivity index (χ1v) is 11.2. The summed E-state index contributed by atoms with van der Waals surface area (Å²) in [5.74, 6) is 5.05. The summed E-state index contributed by atoms with van der Waals surface area (Å²) in [6, 6.07) is 14.7. The molecule has 3 heteroatoms. The van der Waals surface area contributed by atoms with Crippen LogP contribution in [0, 0.1) is 35.9 Å². The van der Waals surface area contributed by atoms with Crippen LogP contribution in [0.1, 0.15) is 54.7 Å². The number of terminal acetylenes is 1. The van der Waals surface area contributed by atoms with Gasteiger partial charge in [0.1, 0.15) is 11.6 Å². The average Bonchev–Trinajstić information content (AvgIpc) is 3.32. The molecule has 2 fully saturated rings. The molecule has 1 heterocycles. The first-order chi connectivity index (χ1) is 15.1. The first kappa shape index (κ1) is 19.9. The number of pyridine rings is 1. The zero-order chi connectivity index (χ0) is 21.4. The van der Waals surface area contributed by atoms with Crippen molar-refractivity contribution in [2.24, 2.45) is 17.8 Å². The van der Waals surface area contributed by atoms with Crippen molar-refractivity contribution < 1.29 is 9.18 Å². The third kappa shape index (κ3) is 4.12. The molecule has 0 aliphatic heterocycles. The lowest BCUT2D eigenvalue weighted by Gasteiger charge is -2.16. The van der Waals surface area contributed by atoms with Gasteiger partial charge in [0.15, 0.2) is 0 Å². The maximum absolute atomic E-state index is 13.8.